The van der Waals surface area contributed by atoms with Crippen LogP contribution in [0.1, 0.15) is 58.2 Å². The van der Waals surface area contributed by atoms with E-state index in [4.69, 9.17) is 39.2 Å². The SMILES string of the molecule is C=C(CCCCCN1C(=O)C=CC1=O)N[C@@H](C)C(=O)N[C@H](C)C(=O)Nc1ccc(CSP(=O)(O)OC[C@H]2O[C@@H](n3cnc4c(=O)[nH]c(N)nc43)[C@H](OP(=O)(O)OC[C@@]34CO[C@@H]([C@H](N5C=NC6C(N)=NC=NC65)O3)[C@@H]4C)[C@@H]2O)cc1. The molecule has 6 aliphatic rings. The first-order valence-corrected chi connectivity index (χ1v) is 29.6. The van der Waals surface area contributed by atoms with Crippen LogP contribution in [0.25, 0.3) is 11.2 Å². The number of allylic oxidation sites excluding steroid dienone is 1. The summed E-state index contributed by atoms with van der Waals surface area (Å²) in [5.74, 6) is -2.06. The third-order valence-corrected chi connectivity index (χ3v) is 18.0. The quantitative estimate of drug-likeness (QED) is 0.0317. The first kappa shape index (κ1) is 57.5. The number of imidazole rings is 1. The Balaban J connectivity index is 0.752. The number of phosphoric acid groups is 1. The van der Waals surface area contributed by atoms with Crippen LogP contribution in [-0.2, 0) is 61.8 Å². The number of carbonyl (C=O) groups is 4. The molecular weight excluding hydrogens is 1100 g/mol. The summed E-state index contributed by atoms with van der Waals surface area (Å²) in [5.41, 5.74) is 11.1. The van der Waals surface area contributed by atoms with E-state index in [9.17, 15) is 48.0 Å². The van der Waals surface area contributed by atoms with Gasteiger partial charge in [-0.3, -0.25) is 57.0 Å². The Kier molecular flexibility index (Phi) is 17.1. The zero-order chi connectivity index (χ0) is 56.6. The number of aromatic amines is 1. The van der Waals surface area contributed by atoms with Gasteiger partial charge in [-0.15, -0.1) is 0 Å². The minimum Gasteiger partial charge on any atom is -0.387 e. The summed E-state index contributed by atoms with van der Waals surface area (Å²) in [6, 6.07) is 4.16. The lowest BCUT2D eigenvalue weighted by atomic mass is 9.91. The Morgan fingerprint density at radius 1 is 1.01 bits per heavy atom. The molecule has 33 heteroatoms. The number of unbranched alkanes of at least 4 members (excludes halogenated alkanes) is 2. The van der Waals surface area contributed by atoms with Gasteiger partial charge in [-0.1, -0.05) is 32.1 Å². The molecule has 4 amide bonds. The van der Waals surface area contributed by atoms with Crippen molar-refractivity contribution in [3.8, 4) is 0 Å². The average molecular weight is 1160 g/mol. The third-order valence-electron chi connectivity index (χ3n) is 14.1. The number of H-pyrrole nitrogens is 1. The Bertz CT molecular complexity index is 3130. The maximum atomic E-state index is 13.9. The molecule has 0 spiro atoms. The summed E-state index contributed by atoms with van der Waals surface area (Å²) >= 11 is 0.533. The summed E-state index contributed by atoms with van der Waals surface area (Å²) in [6.45, 7) is 3.49. The van der Waals surface area contributed by atoms with E-state index < -0.39 is 112 Å². The van der Waals surface area contributed by atoms with Crippen molar-refractivity contribution in [2.75, 3.05) is 37.4 Å². The van der Waals surface area contributed by atoms with Gasteiger partial charge in [0.1, 0.15) is 60.3 Å². The number of aliphatic hydroxyl groups excluding tert-OH is 1. The van der Waals surface area contributed by atoms with E-state index in [1.165, 1.54) is 30.3 Å². The number of ether oxygens (including phenoxy) is 3. The van der Waals surface area contributed by atoms with Gasteiger partial charge in [-0.25, -0.2) is 24.1 Å². The van der Waals surface area contributed by atoms with Crippen molar-refractivity contribution < 1.29 is 71.0 Å². The Hall–Kier alpha value is -6.21. The van der Waals surface area contributed by atoms with E-state index in [0.29, 0.717) is 47.7 Å². The van der Waals surface area contributed by atoms with E-state index in [-0.39, 0.29) is 53.0 Å². The second kappa shape index (κ2) is 23.5. The van der Waals surface area contributed by atoms with E-state index in [0.717, 1.165) is 23.7 Å². The van der Waals surface area contributed by atoms with Crippen LogP contribution in [-0.4, -0.2) is 173 Å². The number of fused-ring (bicyclic) bond motifs is 4. The molecule has 3 aromatic rings. The fraction of sp³-hybridized carbons (Fsp3) is 0.522. The number of hydrogen-bond donors (Lipinski definition) is 9. The maximum absolute atomic E-state index is 13.9. The normalized spacial score (nSPS) is 29.1. The van der Waals surface area contributed by atoms with Crippen LogP contribution >= 0.6 is 26.0 Å². The van der Waals surface area contributed by atoms with Crippen LogP contribution in [0, 0.1) is 5.92 Å². The molecule has 14 atom stereocenters. The number of nitrogens with zero attached hydrogens (tertiary/aromatic N) is 8. The van der Waals surface area contributed by atoms with Gasteiger partial charge < -0.3 is 61.4 Å². The predicted molar refractivity (Wildman–Crippen MR) is 283 cm³/mol. The van der Waals surface area contributed by atoms with Crippen LogP contribution in [0.5, 0.6) is 0 Å². The molecule has 426 valence electrons. The smallest absolute Gasteiger partial charge is 0.387 e. The van der Waals surface area contributed by atoms with Gasteiger partial charge in [-0.05, 0) is 62.2 Å². The summed E-state index contributed by atoms with van der Waals surface area (Å²) in [6.07, 6.45) is 0.643. The monoisotopic (exact) mass is 1160 g/mol. The molecule has 3 fully saturated rings. The molecule has 0 radical (unpaired) electrons. The molecule has 2 bridgehead atoms. The minimum absolute atomic E-state index is 0.0104. The number of carbonyl (C=O) groups excluding carboxylic acids is 4. The Labute approximate surface area is 454 Å². The molecule has 1 aromatic carbocycles. The topological polar surface area (TPSA) is 414 Å². The Morgan fingerprint density at radius 3 is 2.49 bits per heavy atom. The number of rotatable bonds is 25. The van der Waals surface area contributed by atoms with Crippen LogP contribution in [0.15, 0.2) is 74.8 Å². The largest absolute Gasteiger partial charge is 0.472 e. The fourth-order valence-electron chi connectivity index (χ4n) is 9.61. The van der Waals surface area contributed by atoms with E-state index in [2.05, 4.69) is 52.5 Å². The summed E-state index contributed by atoms with van der Waals surface area (Å²) < 4.78 is 63.6. The van der Waals surface area contributed by atoms with Gasteiger partial charge >= 0.3 is 14.6 Å². The standard InChI is InChI=1S/C46H60N14O16P2S/c1-23(8-6-5-7-15-58-30(61)13-14-31(58)62)53-25(3)40(64)54-26(4)41(65)55-28-11-9-27(10-12-28)17-79-78(69,70)72-16-29-34(63)36(43(74-29)60-22-52-33-39(60)56-45(48)57-42(33)66)76-77(67,68)73-19-46-18-71-35(24(46)2)44(75-46)59-21-51-32-37(47)49-20-50-38(32)59/h9-14,20-22,24-26,29,32,34-36,38,43-44,53,63H,1,5-8,15-19H2,2-4H3,(H,54,64)(H,55,65)(H,67,68)(H,69,70)(H2,47,49,50)(H3,48,56,57,66)/t24-,25-,26+,29+,32?,34+,35+,36+,38?,43+,44+,46+/m0/s1. The first-order valence-electron chi connectivity index (χ1n) is 25.0. The van der Waals surface area contributed by atoms with Gasteiger partial charge in [-0.2, -0.15) is 4.98 Å². The van der Waals surface area contributed by atoms with Crippen LogP contribution in [0.2, 0.25) is 0 Å². The van der Waals surface area contributed by atoms with Crippen LogP contribution < -0.4 is 33.0 Å². The van der Waals surface area contributed by atoms with Crippen molar-refractivity contribution in [3.05, 3.63) is 70.9 Å². The number of phosphoric ester groups is 1. The van der Waals surface area contributed by atoms with E-state index >= 15 is 0 Å². The number of aliphatic imine (C=N–C) groups is 3. The van der Waals surface area contributed by atoms with Gasteiger partial charge in [0.25, 0.3) is 17.4 Å². The van der Waals surface area contributed by atoms with E-state index in [1.54, 1.807) is 42.4 Å². The van der Waals surface area contributed by atoms with E-state index in [1.807, 2.05) is 6.92 Å². The summed E-state index contributed by atoms with van der Waals surface area (Å²) in [7, 11) is -5.18. The fourth-order valence-corrected chi connectivity index (χ4v) is 12.8. The lowest BCUT2D eigenvalue weighted by Crippen LogP contribution is -2.53. The molecule has 2 aromatic heterocycles. The van der Waals surface area contributed by atoms with Crippen molar-refractivity contribution in [2.24, 2.45) is 26.6 Å². The number of benzene rings is 1. The number of amidine groups is 1. The van der Waals surface area contributed by atoms with Gasteiger partial charge in [0.2, 0.25) is 17.8 Å². The number of hydrogen-bond acceptors (Lipinski definition) is 24. The first-order chi connectivity index (χ1) is 37.5. The molecule has 0 saturated carbocycles. The van der Waals surface area contributed by atoms with Crippen molar-refractivity contribution >= 4 is 90.9 Å². The number of imide groups is 1. The summed E-state index contributed by atoms with van der Waals surface area (Å²) in [5, 5.41) is 20.1. The molecular formula is C46H60N14O16P2S. The molecule has 8 heterocycles. The molecule has 4 unspecified atom stereocenters. The second-order valence-corrected chi connectivity index (χ2v) is 24.9. The highest BCUT2D eigenvalue weighted by atomic mass is 32.7. The van der Waals surface area contributed by atoms with Gasteiger partial charge in [0.15, 0.2) is 29.8 Å². The maximum Gasteiger partial charge on any atom is 0.472 e. The molecule has 30 nitrogen and oxygen atoms in total. The second-order valence-electron chi connectivity index (χ2n) is 19.6. The Morgan fingerprint density at radius 2 is 1.75 bits per heavy atom. The highest BCUT2D eigenvalue weighted by molar-refractivity contribution is 8.54. The molecule has 9 rings (SSSR count). The van der Waals surface area contributed by atoms with Crippen molar-refractivity contribution in [3.63, 3.8) is 0 Å². The van der Waals surface area contributed by atoms with Gasteiger partial charge in [0.05, 0.1) is 32.5 Å². The van der Waals surface area contributed by atoms with Gasteiger partial charge in [0, 0.05) is 41.8 Å². The predicted octanol–water partition coefficient (Wildman–Crippen LogP) is 0.501. The zero-order valence-electron chi connectivity index (χ0n) is 42.8. The number of aromatic nitrogens is 4. The molecule has 0 aliphatic carbocycles. The molecule has 3 saturated heterocycles. The lowest BCUT2D eigenvalue weighted by Gasteiger charge is -2.37. The highest BCUT2D eigenvalue weighted by Crippen LogP contribution is 2.58. The number of amides is 4. The third kappa shape index (κ3) is 12.7. The summed E-state index contributed by atoms with van der Waals surface area (Å²) in [4.78, 5) is 110. The number of anilines is 2. The number of nitrogen functional groups attached to an aromatic ring is 1. The molecule has 11 N–H and O–H groups in total. The average Bonchev–Trinajstić information content (AvgIpc) is 4.28. The zero-order valence-corrected chi connectivity index (χ0v) is 45.4. The molecule has 79 heavy (non-hydrogen) atoms. The molecule has 6 aliphatic heterocycles. The number of nitrogens with one attached hydrogen (secondary N) is 4. The minimum atomic E-state index is -5.18. The van der Waals surface area contributed by atoms with Crippen molar-refractivity contribution in [1.29, 1.82) is 0 Å². The highest BCUT2D eigenvalue weighted by Gasteiger charge is 2.63. The lowest BCUT2D eigenvalue weighted by molar-refractivity contribution is -0.194. The van der Waals surface area contributed by atoms with Crippen molar-refractivity contribution in [1.82, 2.24) is 40.0 Å². The van der Waals surface area contributed by atoms with Crippen LogP contribution in [0.4, 0.5) is 11.6 Å². The number of aliphatic hydroxyl groups is 1. The van der Waals surface area contributed by atoms with Crippen molar-refractivity contribution in [2.45, 2.75) is 119 Å². The van der Waals surface area contributed by atoms with Crippen LogP contribution in [0.3, 0.4) is 0 Å². The number of nitrogens with two attached hydrogens (primary N) is 2.